The molecule has 0 atom stereocenters. The van der Waals surface area contributed by atoms with Crippen LogP contribution >= 0.6 is 23.4 Å². The fourth-order valence-electron chi connectivity index (χ4n) is 1.59. The fourth-order valence-corrected chi connectivity index (χ4v) is 2.41. The van der Waals surface area contributed by atoms with Crippen molar-refractivity contribution in [1.82, 2.24) is 5.43 Å². The summed E-state index contributed by atoms with van der Waals surface area (Å²) in [6, 6.07) is 12.5. The van der Waals surface area contributed by atoms with Crippen LogP contribution in [0.5, 0.6) is 0 Å². The molecule has 2 aromatic rings. The Morgan fingerprint density at radius 3 is 2.68 bits per heavy atom. The Bertz CT molecular complexity index is 691. The smallest absolute Gasteiger partial charge is 0.271 e. The molecule has 2 aromatic carbocycles. The molecule has 1 amide bonds. The van der Waals surface area contributed by atoms with Crippen LogP contribution in [0.25, 0.3) is 0 Å². The predicted octanol–water partition coefficient (Wildman–Crippen LogP) is 3.37. The Labute approximate surface area is 136 Å². The monoisotopic (exact) mass is 337 g/mol. The summed E-state index contributed by atoms with van der Waals surface area (Å²) in [5, 5.41) is 4.66. The second-order valence-electron chi connectivity index (χ2n) is 4.32. The van der Waals surface area contributed by atoms with E-state index in [1.165, 1.54) is 36.0 Å². The zero-order valence-electron chi connectivity index (χ0n) is 11.4. The van der Waals surface area contributed by atoms with Gasteiger partial charge in [-0.1, -0.05) is 35.5 Å². The van der Waals surface area contributed by atoms with Crippen molar-refractivity contribution in [3.8, 4) is 0 Å². The molecule has 0 aromatic heterocycles. The quantitative estimate of drug-likeness (QED) is 0.510. The number of benzene rings is 2. The highest BCUT2D eigenvalue weighted by Gasteiger charge is 2.05. The number of halogens is 2. The van der Waals surface area contributed by atoms with E-state index in [2.05, 4.69) is 10.5 Å². The average molecular weight is 338 g/mol. The van der Waals surface area contributed by atoms with Crippen molar-refractivity contribution < 1.29 is 9.18 Å². The molecular weight excluding hydrogens is 325 g/mol. The summed E-state index contributed by atoms with van der Waals surface area (Å²) in [7, 11) is 0. The zero-order chi connectivity index (χ0) is 15.9. The Morgan fingerprint density at radius 2 is 2.00 bits per heavy atom. The van der Waals surface area contributed by atoms with Crippen LogP contribution in [0.15, 0.2) is 53.6 Å². The molecule has 0 spiro atoms. The van der Waals surface area contributed by atoms with Gasteiger partial charge >= 0.3 is 0 Å². The summed E-state index contributed by atoms with van der Waals surface area (Å²) < 4.78 is 12.8. The summed E-state index contributed by atoms with van der Waals surface area (Å²) in [6.07, 6.45) is 0. The van der Waals surface area contributed by atoms with Gasteiger partial charge in [-0.05, 0) is 42.0 Å². The predicted molar refractivity (Wildman–Crippen MR) is 88.2 cm³/mol. The summed E-state index contributed by atoms with van der Waals surface area (Å²) in [5.41, 5.74) is 9.34. The number of rotatable bonds is 4. The molecule has 4 nitrogen and oxygen atoms in total. The minimum Gasteiger partial charge on any atom is -0.377 e. The van der Waals surface area contributed by atoms with Crippen molar-refractivity contribution in [2.45, 2.75) is 5.75 Å². The van der Waals surface area contributed by atoms with Crippen molar-refractivity contribution in [2.24, 2.45) is 10.8 Å². The normalized spacial score (nSPS) is 11.3. The van der Waals surface area contributed by atoms with E-state index < -0.39 is 11.7 Å². The Hall–Kier alpha value is -2.05. The molecule has 22 heavy (non-hydrogen) atoms. The van der Waals surface area contributed by atoms with Gasteiger partial charge in [-0.15, -0.1) is 5.10 Å². The van der Waals surface area contributed by atoms with Crippen LogP contribution in [0.3, 0.4) is 0 Å². The van der Waals surface area contributed by atoms with Gasteiger partial charge in [-0.2, -0.15) is 0 Å². The van der Waals surface area contributed by atoms with Gasteiger partial charge in [0.15, 0.2) is 5.17 Å². The van der Waals surface area contributed by atoms with Crippen molar-refractivity contribution in [2.75, 3.05) is 0 Å². The van der Waals surface area contributed by atoms with Gasteiger partial charge in [-0.3, -0.25) is 4.79 Å². The second-order valence-corrected chi connectivity index (χ2v) is 5.75. The van der Waals surface area contributed by atoms with Crippen LogP contribution in [0.1, 0.15) is 15.9 Å². The van der Waals surface area contributed by atoms with E-state index in [9.17, 15) is 9.18 Å². The van der Waals surface area contributed by atoms with Gasteiger partial charge in [0.25, 0.3) is 5.91 Å². The third-order valence-corrected chi connectivity index (χ3v) is 3.75. The topological polar surface area (TPSA) is 67.5 Å². The number of hydrogen-bond acceptors (Lipinski definition) is 3. The molecule has 0 unspecified atom stereocenters. The summed E-state index contributed by atoms with van der Waals surface area (Å²) >= 11 is 7.16. The van der Waals surface area contributed by atoms with Crippen molar-refractivity contribution in [1.29, 1.82) is 0 Å². The largest absolute Gasteiger partial charge is 0.377 e. The van der Waals surface area contributed by atoms with Gasteiger partial charge in [0.2, 0.25) is 0 Å². The number of nitrogens with two attached hydrogens (primary N) is 1. The first-order chi connectivity index (χ1) is 10.5. The number of carbonyl (C=O) groups excluding carboxylic acids is 1. The van der Waals surface area contributed by atoms with E-state index in [1.54, 1.807) is 6.07 Å². The van der Waals surface area contributed by atoms with Crippen LogP contribution in [0, 0.1) is 5.82 Å². The minimum atomic E-state index is -0.452. The van der Waals surface area contributed by atoms with E-state index >= 15 is 0 Å². The standard InChI is InChI=1S/C15H13ClFN3OS/c16-12-3-1-2-10(8-12)9-22-15(18)20-19-14(21)11-4-6-13(17)7-5-11/h1-8H,9H2,(H2,18,20)(H,19,21). The van der Waals surface area contributed by atoms with E-state index in [0.29, 0.717) is 16.3 Å². The van der Waals surface area contributed by atoms with Crippen LogP contribution in [-0.2, 0) is 5.75 Å². The number of amides is 1. The maximum Gasteiger partial charge on any atom is 0.271 e. The molecule has 0 bridgehead atoms. The third-order valence-electron chi connectivity index (χ3n) is 2.65. The number of thioether (sulfide) groups is 1. The van der Waals surface area contributed by atoms with Crippen LogP contribution in [0.4, 0.5) is 4.39 Å². The first-order valence-electron chi connectivity index (χ1n) is 6.31. The molecule has 0 heterocycles. The van der Waals surface area contributed by atoms with Gasteiger partial charge in [0.1, 0.15) is 5.82 Å². The lowest BCUT2D eigenvalue weighted by Crippen LogP contribution is -2.21. The third kappa shape index (κ3) is 5.05. The molecule has 7 heteroatoms. The number of nitrogens with zero attached hydrogens (tertiary/aromatic N) is 1. The maximum absolute atomic E-state index is 12.8. The van der Waals surface area contributed by atoms with E-state index in [0.717, 1.165) is 5.56 Å². The second kappa shape index (κ2) is 7.82. The number of amidine groups is 1. The van der Waals surface area contributed by atoms with Crippen LogP contribution in [-0.4, -0.2) is 11.1 Å². The SMILES string of the molecule is N/C(=N\NC(=O)c1ccc(F)cc1)SCc1cccc(Cl)c1. The molecule has 0 radical (unpaired) electrons. The maximum atomic E-state index is 12.8. The lowest BCUT2D eigenvalue weighted by atomic mass is 10.2. The molecular formula is C15H13ClFN3OS. The first kappa shape index (κ1) is 16.3. The number of carbonyl (C=O) groups is 1. The number of hydrazone groups is 1. The number of nitrogens with one attached hydrogen (secondary N) is 1. The highest BCUT2D eigenvalue weighted by molar-refractivity contribution is 8.13. The number of hydrogen-bond donors (Lipinski definition) is 2. The lowest BCUT2D eigenvalue weighted by Gasteiger charge is -2.03. The Balaban J connectivity index is 1.87. The molecule has 2 rings (SSSR count). The first-order valence-corrected chi connectivity index (χ1v) is 7.67. The van der Waals surface area contributed by atoms with Crippen molar-refractivity contribution >= 4 is 34.4 Å². The highest BCUT2D eigenvalue weighted by Crippen LogP contribution is 2.16. The molecule has 0 saturated heterocycles. The summed E-state index contributed by atoms with van der Waals surface area (Å²) in [4.78, 5) is 11.8. The van der Waals surface area contributed by atoms with Gasteiger partial charge < -0.3 is 5.73 Å². The lowest BCUT2D eigenvalue weighted by molar-refractivity contribution is 0.0955. The van der Waals surface area contributed by atoms with Crippen LogP contribution in [0.2, 0.25) is 5.02 Å². The van der Waals surface area contributed by atoms with E-state index in [-0.39, 0.29) is 5.17 Å². The summed E-state index contributed by atoms with van der Waals surface area (Å²) in [6.45, 7) is 0. The van der Waals surface area contributed by atoms with Crippen molar-refractivity contribution in [3.63, 3.8) is 0 Å². The molecule has 0 aliphatic carbocycles. The van der Waals surface area contributed by atoms with Crippen molar-refractivity contribution in [3.05, 3.63) is 70.5 Å². The minimum absolute atomic E-state index is 0.218. The zero-order valence-corrected chi connectivity index (χ0v) is 13.0. The average Bonchev–Trinajstić information content (AvgIpc) is 2.51. The highest BCUT2D eigenvalue weighted by atomic mass is 35.5. The summed E-state index contributed by atoms with van der Waals surface area (Å²) in [5.74, 6) is -0.273. The van der Waals surface area contributed by atoms with Crippen LogP contribution < -0.4 is 11.2 Å². The Morgan fingerprint density at radius 1 is 1.27 bits per heavy atom. The molecule has 0 aliphatic rings. The molecule has 0 fully saturated rings. The molecule has 3 N–H and O–H groups in total. The van der Waals surface area contributed by atoms with Gasteiger partial charge in [0, 0.05) is 16.3 Å². The van der Waals surface area contributed by atoms with E-state index in [4.69, 9.17) is 17.3 Å². The molecule has 114 valence electrons. The molecule has 0 saturated carbocycles. The fraction of sp³-hybridized carbons (Fsp3) is 0.0667. The molecule has 0 aliphatic heterocycles. The van der Waals surface area contributed by atoms with Gasteiger partial charge in [0.05, 0.1) is 0 Å². The Kier molecular flexibility index (Phi) is 5.80. The van der Waals surface area contributed by atoms with E-state index in [1.807, 2.05) is 18.2 Å². The van der Waals surface area contributed by atoms with Gasteiger partial charge in [-0.25, -0.2) is 9.82 Å².